The van der Waals surface area contributed by atoms with E-state index < -0.39 is 0 Å². The van der Waals surface area contributed by atoms with Gasteiger partial charge in [-0.2, -0.15) is 0 Å². The minimum atomic E-state index is 0.434. The summed E-state index contributed by atoms with van der Waals surface area (Å²) >= 11 is 0. The van der Waals surface area contributed by atoms with Crippen LogP contribution in [-0.4, -0.2) is 6.54 Å². The highest BCUT2D eigenvalue weighted by molar-refractivity contribution is 5.83. The second kappa shape index (κ2) is 6.62. The summed E-state index contributed by atoms with van der Waals surface area (Å²) in [6.07, 6.45) is 5.66. The molecule has 112 valence electrons. The largest absolute Gasteiger partial charge is 0.310 e. The summed E-state index contributed by atoms with van der Waals surface area (Å²) in [5, 5.41) is 6.43. The summed E-state index contributed by atoms with van der Waals surface area (Å²) < 4.78 is 0. The van der Waals surface area contributed by atoms with Crippen LogP contribution in [0.2, 0.25) is 0 Å². The third-order valence-electron chi connectivity index (χ3n) is 5.25. The van der Waals surface area contributed by atoms with Crippen LogP contribution >= 0.6 is 0 Å². The first-order valence-electron chi connectivity index (χ1n) is 8.46. The van der Waals surface area contributed by atoms with Crippen molar-refractivity contribution in [3.8, 4) is 0 Å². The molecule has 3 unspecified atom stereocenters. The van der Waals surface area contributed by atoms with E-state index in [1.54, 1.807) is 0 Å². The molecule has 3 atom stereocenters. The first kappa shape index (κ1) is 14.6. The minimum Gasteiger partial charge on any atom is -0.310 e. The van der Waals surface area contributed by atoms with E-state index in [9.17, 15) is 0 Å². The highest BCUT2D eigenvalue weighted by Crippen LogP contribution is 2.29. The third-order valence-corrected chi connectivity index (χ3v) is 5.25. The predicted octanol–water partition coefficient (Wildman–Crippen LogP) is 5.32. The molecule has 1 saturated carbocycles. The monoisotopic (exact) mass is 281 g/mol. The summed E-state index contributed by atoms with van der Waals surface area (Å²) in [5.74, 6) is 1.75. The van der Waals surface area contributed by atoms with Crippen LogP contribution in [0.1, 0.15) is 51.1 Å². The second-order valence-electron chi connectivity index (χ2n) is 6.76. The molecule has 1 N–H and O–H groups in total. The number of hydrogen-bond acceptors (Lipinski definition) is 1. The molecule has 0 saturated heterocycles. The van der Waals surface area contributed by atoms with Crippen molar-refractivity contribution in [2.45, 2.75) is 45.6 Å². The van der Waals surface area contributed by atoms with Crippen LogP contribution in [0.4, 0.5) is 0 Å². The molecule has 0 heterocycles. The van der Waals surface area contributed by atoms with Crippen molar-refractivity contribution in [2.75, 3.05) is 6.54 Å². The lowest BCUT2D eigenvalue weighted by atomic mass is 9.80. The average Bonchev–Trinajstić information content (AvgIpc) is 2.53. The van der Waals surface area contributed by atoms with E-state index in [1.165, 1.54) is 42.0 Å². The highest BCUT2D eigenvalue weighted by Gasteiger charge is 2.21. The molecule has 21 heavy (non-hydrogen) atoms. The van der Waals surface area contributed by atoms with E-state index in [-0.39, 0.29) is 0 Å². The molecule has 1 aliphatic carbocycles. The van der Waals surface area contributed by atoms with E-state index >= 15 is 0 Å². The first-order chi connectivity index (χ1) is 10.2. The Morgan fingerprint density at radius 3 is 2.62 bits per heavy atom. The Labute approximate surface area is 128 Å². The molecule has 0 aromatic heterocycles. The zero-order valence-electron chi connectivity index (χ0n) is 13.3. The van der Waals surface area contributed by atoms with Crippen molar-refractivity contribution >= 4 is 10.8 Å². The minimum absolute atomic E-state index is 0.434. The standard InChI is InChI=1S/C20H27N/c1-15-7-3-4-10-20(15)14-21-16(2)18-12-11-17-8-5-6-9-19(17)13-18/h5-6,8-9,11-13,15-16,20-21H,3-4,7,10,14H2,1-2H3. The van der Waals surface area contributed by atoms with Gasteiger partial charge in [-0.3, -0.25) is 0 Å². The summed E-state index contributed by atoms with van der Waals surface area (Å²) in [6.45, 7) is 5.87. The lowest BCUT2D eigenvalue weighted by molar-refractivity contribution is 0.242. The molecule has 1 heteroatoms. The quantitative estimate of drug-likeness (QED) is 0.800. The summed E-state index contributed by atoms with van der Waals surface area (Å²) in [4.78, 5) is 0. The van der Waals surface area contributed by atoms with Crippen LogP contribution in [-0.2, 0) is 0 Å². The maximum absolute atomic E-state index is 3.76. The molecule has 0 aliphatic heterocycles. The topological polar surface area (TPSA) is 12.0 Å². The van der Waals surface area contributed by atoms with Crippen molar-refractivity contribution < 1.29 is 0 Å². The molecule has 0 radical (unpaired) electrons. The maximum Gasteiger partial charge on any atom is 0.0292 e. The lowest BCUT2D eigenvalue weighted by Gasteiger charge is -2.30. The van der Waals surface area contributed by atoms with Crippen LogP contribution in [0.3, 0.4) is 0 Å². The van der Waals surface area contributed by atoms with Crippen LogP contribution in [0.5, 0.6) is 0 Å². The third kappa shape index (κ3) is 3.47. The number of hydrogen-bond donors (Lipinski definition) is 1. The second-order valence-corrected chi connectivity index (χ2v) is 6.76. The van der Waals surface area contributed by atoms with Gasteiger partial charge in [0.25, 0.3) is 0 Å². The van der Waals surface area contributed by atoms with E-state index in [1.807, 2.05) is 0 Å². The van der Waals surface area contributed by atoms with Crippen molar-refractivity contribution in [1.29, 1.82) is 0 Å². The van der Waals surface area contributed by atoms with Crippen LogP contribution < -0.4 is 5.32 Å². The van der Waals surface area contributed by atoms with Gasteiger partial charge in [-0.05, 0) is 54.1 Å². The van der Waals surface area contributed by atoms with Crippen molar-refractivity contribution in [3.05, 3.63) is 48.0 Å². The zero-order chi connectivity index (χ0) is 14.7. The van der Waals surface area contributed by atoms with E-state index in [4.69, 9.17) is 0 Å². The Hall–Kier alpha value is -1.34. The van der Waals surface area contributed by atoms with Gasteiger partial charge in [0.15, 0.2) is 0 Å². The smallest absolute Gasteiger partial charge is 0.0292 e. The maximum atomic E-state index is 3.76. The molecule has 1 nitrogen and oxygen atoms in total. The molecule has 2 aromatic rings. The zero-order valence-corrected chi connectivity index (χ0v) is 13.3. The Morgan fingerprint density at radius 1 is 1.05 bits per heavy atom. The fourth-order valence-electron chi connectivity index (χ4n) is 3.62. The molecule has 0 spiro atoms. The van der Waals surface area contributed by atoms with Gasteiger partial charge in [0.2, 0.25) is 0 Å². The Morgan fingerprint density at radius 2 is 1.81 bits per heavy atom. The Balaban J connectivity index is 1.64. The molecule has 1 aliphatic rings. The first-order valence-corrected chi connectivity index (χ1v) is 8.46. The number of benzene rings is 2. The van der Waals surface area contributed by atoms with Gasteiger partial charge in [-0.25, -0.2) is 0 Å². The SMILES string of the molecule is CC(NCC1CCCCC1C)c1ccc2ccccc2c1. The molecular weight excluding hydrogens is 254 g/mol. The van der Waals surface area contributed by atoms with Crippen molar-refractivity contribution in [1.82, 2.24) is 5.32 Å². The average molecular weight is 281 g/mol. The number of fused-ring (bicyclic) bond motifs is 1. The number of nitrogens with one attached hydrogen (secondary N) is 1. The van der Waals surface area contributed by atoms with E-state index in [2.05, 4.69) is 61.6 Å². The fourth-order valence-corrected chi connectivity index (χ4v) is 3.62. The summed E-state index contributed by atoms with van der Waals surface area (Å²) in [7, 11) is 0. The van der Waals surface area contributed by atoms with Gasteiger partial charge in [0, 0.05) is 6.04 Å². The number of rotatable bonds is 4. The van der Waals surface area contributed by atoms with Gasteiger partial charge in [0.05, 0.1) is 0 Å². The van der Waals surface area contributed by atoms with Gasteiger partial charge < -0.3 is 5.32 Å². The molecule has 1 fully saturated rings. The normalized spacial score (nSPS) is 24.1. The van der Waals surface area contributed by atoms with Gasteiger partial charge in [0.1, 0.15) is 0 Å². The van der Waals surface area contributed by atoms with Crippen LogP contribution in [0.25, 0.3) is 10.8 Å². The van der Waals surface area contributed by atoms with E-state index in [0.717, 1.165) is 18.4 Å². The Bertz CT molecular complexity index is 589. The Kier molecular flexibility index (Phi) is 4.60. The lowest BCUT2D eigenvalue weighted by Crippen LogP contribution is -2.31. The molecule has 0 bridgehead atoms. The molecular formula is C20H27N. The van der Waals surface area contributed by atoms with Gasteiger partial charge >= 0.3 is 0 Å². The molecule has 2 aromatic carbocycles. The summed E-state index contributed by atoms with van der Waals surface area (Å²) in [5.41, 5.74) is 1.40. The summed E-state index contributed by atoms with van der Waals surface area (Å²) in [6, 6.07) is 15.9. The van der Waals surface area contributed by atoms with Crippen LogP contribution in [0, 0.1) is 11.8 Å². The molecule has 0 amide bonds. The van der Waals surface area contributed by atoms with Gasteiger partial charge in [-0.15, -0.1) is 0 Å². The van der Waals surface area contributed by atoms with E-state index in [0.29, 0.717) is 6.04 Å². The van der Waals surface area contributed by atoms with Crippen molar-refractivity contribution in [2.24, 2.45) is 11.8 Å². The van der Waals surface area contributed by atoms with Gasteiger partial charge in [-0.1, -0.05) is 62.6 Å². The predicted molar refractivity (Wildman–Crippen MR) is 91.5 cm³/mol. The fraction of sp³-hybridized carbons (Fsp3) is 0.500. The van der Waals surface area contributed by atoms with Crippen LogP contribution in [0.15, 0.2) is 42.5 Å². The molecule has 3 rings (SSSR count). The highest BCUT2D eigenvalue weighted by atomic mass is 14.9. The van der Waals surface area contributed by atoms with Crippen molar-refractivity contribution in [3.63, 3.8) is 0 Å².